The molecule has 1 saturated heterocycles. The summed E-state index contributed by atoms with van der Waals surface area (Å²) in [6, 6.07) is 17.7. The van der Waals surface area contributed by atoms with E-state index in [0.29, 0.717) is 28.6 Å². The molecule has 2 aromatic carbocycles. The van der Waals surface area contributed by atoms with Gasteiger partial charge in [0.05, 0.1) is 17.0 Å². The van der Waals surface area contributed by atoms with E-state index in [2.05, 4.69) is 62.6 Å². The van der Waals surface area contributed by atoms with Gasteiger partial charge in [0, 0.05) is 31.9 Å². The fourth-order valence-corrected chi connectivity index (χ4v) is 5.64. The van der Waals surface area contributed by atoms with Crippen molar-refractivity contribution in [3.8, 4) is 0 Å². The number of rotatable bonds is 6. The second-order valence-electron chi connectivity index (χ2n) is 9.00. The molecule has 1 aliphatic carbocycles. The fourth-order valence-electron chi connectivity index (χ4n) is 4.82. The lowest BCUT2D eigenvalue weighted by atomic mass is 9.90. The summed E-state index contributed by atoms with van der Waals surface area (Å²) >= 11 is 1.01. The molecule has 3 aromatic rings. The van der Waals surface area contributed by atoms with E-state index in [1.807, 2.05) is 7.05 Å². The maximum Gasteiger partial charge on any atom is 0.225 e. The van der Waals surface area contributed by atoms with Crippen molar-refractivity contribution in [3.63, 3.8) is 0 Å². The zero-order valence-electron chi connectivity index (χ0n) is 19.2. The average Bonchev–Trinajstić information content (AvgIpc) is 3.18. The molecule has 34 heavy (non-hydrogen) atoms. The van der Waals surface area contributed by atoms with E-state index in [9.17, 15) is 9.59 Å². The number of hydrogen-bond acceptors (Lipinski definition) is 7. The van der Waals surface area contributed by atoms with Gasteiger partial charge in [-0.3, -0.25) is 9.59 Å². The van der Waals surface area contributed by atoms with Crippen LogP contribution in [0.25, 0.3) is 16.8 Å². The number of carbonyl (C=O) groups excluding carboxylic acids is 2. The minimum Gasteiger partial charge on any atom is -0.341 e. The van der Waals surface area contributed by atoms with E-state index >= 15 is 0 Å². The van der Waals surface area contributed by atoms with E-state index in [4.69, 9.17) is 0 Å². The van der Waals surface area contributed by atoms with Gasteiger partial charge in [-0.25, -0.2) is 9.97 Å². The number of nitrogens with one attached hydrogen (secondary N) is 1. The van der Waals surface area contributed by atoms with Gasteiger partial charge in [-0.15, -0.1) is 0 Å². The van der Waals surface area contributed by atoms with Crippen molar-refractivity contribution in [1.29, 1.82) is 0 Å². The molecule has 7 heteroatoms. The summed E-state index contributed by atoms with van der Waals surface area (Å²) in [4.78, 5) is 35.1. The molecule has 6 nitrogen and oxygen atoms in total. The smallest absolute Gasteiger partial charge is 0.225 e. The third-order valence-electron chi connectivity index (χ3n) is 6.77. The Morgan fingerprint density at radius 1 is 1.06 bits per heavy atom. The van der Waals surface area contributed by atoms with Crippen LogP contribution in [0.5, 0.6) is 0 Å². The van der Waals surface area contributed by atoms with E-state index in [1.54, 1.807) is 18.3 Å². The predicted molar refractivity (Wildman–Crippen MR) is 137 cm³/mol. The van der Waals surface area contributed by atoms with Crippen LogP contribution in [-0.2, 0) is 16.1 Å². The normalized spacial score (nSPS) is 22.0. The van der Waals surface area contributed by atoms with Crippen LogP contribution in [0.4, 0.5) is 5.95 Å². The number of nitrogens with zero attached hydrogens (tertiary/aromatic N) is 3. The molecular weight excluding hydrogens is 444 g/mol. The van der Waals surface area contributed by atoms with Gasteiger partial charge in [0.25, 0.3) is 0 Å². The Bertz CT molecular complexity index is 1240. The van der Waals surface area contributed by atoms with Crippen LogP contribution in [0.3, 0.4) is 0 Å². The van der Waals surface area contributed by atoms with Crippen molar-refractivity contribution >= 4 is 45.5 Å². The predicted octanol–water partition coefficient (Wildman–Crippen LogP) is 4.74. The number of anilines is 1. The number of allylic oxidation sites excluding steroid dienone is 1. The summed E-state index contributed by atoms with van der Waals surface area (Å²) < 4.78 is 0. The monoisotopic (exact) mass is 472 g/mol. The van der Waals surface area contributed by atoms with Gasteiger partial charge < -0.3 is 10.2 Å². The second-order valence-corrected chi connectivity index (χ2v) is 10.1. The van der Waals surface area contributed by atoms with Crippen LogP contribution in [0.1, 0.15) is 43.4 Å². The first kappa shape index (κ1) is 22.7. The molecule has 0 unspecified atom stereocenters. The topological polar surface area (TPSA) is 75.2 Å². The quantitative estimate of drug-likeness (QED) is 0.410. The summed E-state index contributed by atoms with van der Waals surface area (Å²) in [7, 11) is 2.04. The minimum atomic E-state index is -0.127. The van der Waals surface area contributed by atoms with Gasteiger partial charge in [-0.05, 0) is 65.9 Å². The van der Waals surface area contributed by atoms with E-state index < -0.39 is 0 Å². The molecule has 5 rings (SSSR count). The summed E-state index contributed by atoms with van der Waals surface area (Å²) in [5, 5.41) is 6.27. The Hall–Kier alpha value is -3.03. The summed E-state index contributed by atoms with van der Waals surface area (Å²) in [6.07, 6.45) is 7.75. The molecule has 2 aliphatic rings. The van der Waals surface area contributed by atoms with E-state index in [-0.39, 0.29) is 17.3 Å². The number of hydrogen-bond donors (Lipinski definition) is 1. The molecule has 1 N–H and O–H groups in total. The van der Waals surface area contributed by atoms with Crippen LogP contribution in [0.2, 0.25) is 0 Å². The molecule has 174 valence electrons. The molecule has 0 radical (unpaired) electrons. The lowest BCUT2D eigenvalue weighted by molar-refractivity contribution is -0.119. The lowest BCUT2D eigenvalue weighted by Crippen LogP contribution is -2.41. The summed E-state index contributed by atoms with van der Waals surface area (Å²) in [5.74, 6) is 0.529. The molecule has 1 aliphatic heterocycles. The number of benzene rings is 2. The van der Waals surface area contributed by atoms with Crippen molar-refractivity contribution in [3.05, 3.63) is 70.9 Å². The van der Waals surface area contributed by atoms with Crippen LogP contribution >= 0.6 is 11.8 Å². The third kappa shape index (κ3) is 5.05. The maximum absolute atomic E-state index is 11.9. The Morgan fingerprint density at radius 3 is 2.65 bits per heavy atom. The van der Waals surface area contributed by atoms with Gasteiger partial charge in [0.15, 0.2) is 5.78 Å². The van der Waals surface area contributed by atoms with Crippen molar-refractivity contribution in [1.82, 2.24) is 15.3 Å². The van der Waals surface area contributed by atoms with Crippen LogP contribution < -0.4 is 10.2 Å². The summed E-state index contributed by atoms with van der Waals surface area (Å²) in [5.41, 5.74) is 2.00. The SMILES string of the molecule is CN(c1nccc(/C=C2\SC(=O)CC2=O)n1)C1CCC(NCc2cccc3ccccc23)CC1. The van der Waals surface area contributed by atoms with Crippen LogP contribution in [0, 0.1) is 0 Å². The highest BCUT2D eigenvalue weighted by Crippen LogP contribution is 2.31. The van der Waals surface area contributed by atoms with Crippen molar-refractivity contribution in [2.75, 3.05) is 11.9 Å². The van der Waals surface area contributed by atoms with Gasteiger partial charge in [-0.2, -0.15) is 0 Å². The standard InChI is InChI=1S/C27H28N4O2S/c1-31(27-28-14-13-21(30-27)15-25-24(32)16-26(33)34-25)22-11-9-20(10-12-22)29-17-19-7-4-6-18-5-2-3-8-23(18)19/h2-8,13-15,20,22,29H,9-12,16-17H2,1H3/b25-15-. The zero-order chi connectivity index (χ0) is 23.5. The fraction of sp³-hybridized carbons (Fsp3) is 0.333. The number of ketones is 1. The minimum absolute atomic E-state index is 0.0217. The molecule has 1 saturated carbocycles. The van der Waals surface area contributed by atoms with Gasteiger partial charge >= 0.3 is 0 Å². The van der Waals surface area contributed by atoms with Crippen LogP contribution in [0.15, 0.2) is 59.6 Å². The van der Waals surface area contributed by atoms with Crippen molar-refractivity contribution in [2.45, 2.75) is 50.7 Å². The van der Waals surface area contributed by atoms with E-state index in [0.717, 1.165) is 44.0 Å². The Labute approximate surface area is 203 Å². The first-order valence-corrected chi connectivity index (χ1v) is 12.6. The van der Waals surface area contributed by atoms with Crippen molar-refractivity contribution < 1.29 is 9.59 Å². The molecular formula is C27H28N4O2S. The Morgan fingerprint density at radius 2 is 1.85 bits per heavy atom. The molecule has 0 spiro atoms. The number of carbonyl (C=O) groups is 2. The zero-order valence-corrected chi connectivity index (χ0v) is 20.1. The van der Waals surface area contributed by atoms with Crippen molar-refractivity contribution in [2.24, 2.45) is 0 Å². The number of aromatic nitrogens is 2. The molecule has 0 amide bonds. The van der Waals surface area contributed by atoms with Gasteiger partial charge in [0.1, 0.15) is 0 Å². The molecule has 2 fully saturated rings. The van der Waals surface area contributed by atoms with E-state index in [1.165, 1.54) is 16.3 Å². The van der Waals surface area contributed by atoms with Gasteiger partial charge in [-0.1, -0.05) is 42.5 Å². The first-order valence-electron chi connectivity index (χ1n) is 11.8. The molecule has 1 aromatic heterocycles. The summed E-state index contributed by atoms with van der Waals surface area (Å²) in [6.45, 7) is 0.881. The number of thioether (sulfide) groups is 1. The number of Topliss-reactive ketones (excluding diaryl/α,β-unsaturated/α-hetero) is 1. The largest absolute Gasteiger partial charge is 0.341 e. The maximum atomic E-state index is 11.9. The second kappa shape index (κ2) is 10.1. The first-order chi connectivity index (χ1) is 16.6. The Kier molecular flexibility index (Phi) is 6.74. The lowest BCUT2D eigenvalue weighted by Gasteiger charge is -2.35. The number of fused-ring (bicyclic) bond motifs is 1. The molecule has 0 atom stereocenters. The van der Waals surface area contributed by atoms with Crippen LogP contribution in [-0.4, -0.2) is 40.0 Å². The molecule has 0 bridgehead atoms. The highest BCUT2D eigenvalue weighted by Gasteiger charge is 2.27. The highest BCUT2D eigenvalue weighted by molar-refractivity contribution is 8.18. The van der Waals surface area contributed by atoms with Gasteiger partial charge in [0.2, 0.25) is 11.1 Å². The Balaban J connectivity index is 1.18. The average molecular weight is 473 g/mol. The third-order valence-corrected chi connectivity index (χ3v) is 7.71. The highest BCUT2D eigenvalue weighted by atomic mass is 32.2. The molecule has 2 heterocycles.